The lowest BCUT2D eigenvalue weighted by Gasteiger charge is -2.21. The van der Waals surface area contributed by atoms with Crippen molar-refractivity contribution >= 4 is 17.5 Å². The lowest BCUT2D eigenvalue weighted by atomic mass is 10.2. The van der Waals surface area contributed by atoms with Gasteiger partial charge >= 0.3 is 0 Å². The van der Waals surface area contributed by atoms with E-state index < -0.39 is 0 Å². The Labute approximate surface area is 157 Å². The average molecular weight is 370 g/mol. The fourth-order valence-electron chi connectivity index (χ4n) is 2.78. The van der Waals surface area contributed by atoms with E-state index in [2.05, 4.69) is 5.32 Å². The zero-order chi connectivity index (χ0) is 19.2. The van der Waals surface area contributed by atoms with Gasteiger partial charge in [-0.15, -0.1) is 0 Å². The Morgan fingerprint density at radius 2 is 1.85 bits per heavy atom. The first kappa shape index (κ1) is 18.6. The minimum atomic E-state index is -0.233. The number of hydrogen-bond donors (Lipinski definition) is 1. The van der Waals surface area contributed by atoms with Crippen molar-refractivity contribution in [3.05, 3.63) is 48.0 Å². The molecule has 27 heavy (non-hydrogen) atoms. The van der Waals surface area contributed by atoms with E-state index in [-0.39, 0.29) is 18.6 Å². The second-order valence-corrected chi connectivity index (χ2v) is 5.92. The van der Waals surface area contributed by atoms with E-state index in [1.54, 1.807) is 23.1 Å². The van der Waals surface area contributed by atoms with Crippen LogP contribution in [0.4, 0.5) is 5.69 Å². The van der Waals surface area contributed by atoms with Crippen LogP contribution in [0.15, 0.2) is 42.5 Å². The maximum absolute atomic E-state index is 12.3. The first-order chi connectivity index (χ1) is 13.1. The summed E-state index contributed by atoms with van der Waals surface area (Å²) in [6.45, 7) is 4.84. The number of amides is 2. The van der Waals surface area contributed by atoms with E-state index in [0.29, 0.717) is 36.8 Å². The Morgan fingerprint density at radius 3 is 2.56 bits per heavy atom. The molecular weight excluding hydrogens is 348 g/mol. The summed E-state index contributed by atoms with van der Waals surface area (Å²) in [5, 5.41) is 2.82. The molecule has 1 aliphatic heterocycles. The van der Waals surface area contributed by atoms with Crippen molar-refractivity contribution < 1.29 is 23.8 Å². The van der Waals surface area contributed by atoms with Gasteiger partial charge in [-0.25, -0.2) is 0 Å². The molecule has 0 aromatic heterocycles. The summed E-state index contributed by atoms with van der Waals surface area (Å²) >= 11 is 0. The summed E-state index contributed by atoms with van der Waals surface area (Å²) in [4.78, 5) is 25.9. The van der Waals surface area contributed by atoms with Crippen LogP contribution in [0.3, 0.4) is 0 Å². The third kappa shape index (κ3) is 4.49. The zero-order valence-electron chi connectivity index (χ0n) is 15.4. The van der Waals surface area contributed by atoms with Crippen LogP contribution in [-0.4, -0.2) is 38.3 Å². The Morgan fingerprint density at radius 1 is 1.11 bits per heavy atom. The highest BCUT2D eigenvalue weighted by atomic mass is 16.7. The Kier molecular flexibility index (Phi) is 5.80. The summed E-state index contributed by atoms with van der Waals surface area (Å²) < 4.78 is 15.9. The molecule has 2 amide bonds. The summed E-state index contributed by atoms with van der Waals surface area (Å²) in [7, 11) is 0. The molecule has 1 heterocycles. The maximum Gasteiger partial charge on any atom is 0.251 e. The van der Waals surface area contributed by atoms with Crippen molar-refractivity contribution in [2.24, 2.45) is 0 Å². The summed E-state index contributed by atoms with van der Waals surface area (Å²) in [5.41, 5.74) is 1.23. The van der Waals surface area contributed by atoms with Gasteiger partial charge in [0, 0.05) is 31.3 Å². The number of carbonyl (C=O) groups excluding carboxylic acids is 2. The topological polar surface area (TPSA) is 77.1 Å². The van der Waals surface area contributed by atoms with Gasteiger partial charge < -0.3 is 24.4 Å². The minimum Gasteiger partial charge on any atom is -0.494 e. The Balaban J connectivity index is 1.58. The van der Waals surface area contributed by atoms with Crippen LogP contribution in [0.25, 0.3) is 0 Å². The largest absolute Gasteiger partial charge is 0.494 e. The van der Waals surface area contributed by atoms with Crippen LogP contribution in [0, 0.1) is 0 Å². The first-order valence-electron chi connectivity index (χ1n) is 8.77. The second-order valence-electron chi connectivity index (χ2n) is 5.92. The number of ether oxygens (including phenoxy) is 3. The smallest absolute Gasteiger partial charge is 0.251 e. The van der Waals surface area contributed by atoms with Gasteiger partial charge in [-0.2, -0.15) is 0 Å². The highest BCUT2D eigenvalue weighted by molar-refractivity contribution is 5.95. The van der Waals surface area contributed by atoms with Crippen LogP contribution in [0.2, 0.25) is 0 Å². The third-order valence-corrected chi connectivity index (χ3v) is 4.10. The number of nitrogens with one attached hydrogen (secondary N) is 1. The minimum absolute atomic E-state index is 0.100. The zero-order valence-corrected chi connectivity index (χ0v) is 15.4. The summed E-state index contributed by atoms with van der Waals surface area (Å²) in [6, 6.07) is 12.3. The molecule has 1 aliphatic rings. The van der Waals surface area contributed by atoms with Gasteiger partial charge in [0.05, 0.1) is 6.61 Å². The van der Waals surface area contributed by atoms with Crippen LogP contribution in [-0.2, 0) is 4.79 Å². The van der Waals surface area contributed by atoms with Crippen LogP contribution in [0.5, 0.6) is 17.2 Å². The predicted molar refractivity (Wildman–Crippen MR) is 101 cm³/mol. The van der Waals surface area contributed by atoms with Gasteiger partial charge in [-0.05, 0) is 49.4 Å². The van der Waals surface area contributed by atoms with Crippen molar-refractivity contribution in [2.45, 2.75) is 13.8 Å². The summed E-state index contributed by atoms with van der Waals surface area (Å²) in [5.74, 6) is 1.60. The molecule has 0 aliphatic carbocycles. The predicted octanol–water partition coefficient (Wildman–Crippen LogP) is 2.60. The monoisotopic (exact) mass is 370 g/mol. The van der Waals surface area contributed by atoms with Crippen LogP contribution in [0.1, 0.15) is 24.2 Å². The highest BCUT2D eigenvalue weighted by Crippen LogP contribution is 2.32. The normalized spacial score (nSPS) is 11.8. The fourth-order valence-corrected chi connectivity index (χ4v) is 2.78. The van der Waals surface area contributed by atoms with Gasteiger partial charge in [-0.1, -0.05) is 0 Å². The van der Waals surface area contributed by atoms with Gasteiger partial charge in [0.2, 0.25) is 12.7 Å². The maximum atomic E-state index is 12.3. The molecule has 3 rings (SSSR count). The van der Waals surface area contributed by atoms with Crippen molar-refractivity contribution in [1.29, 1.82) is 0 Å². The van der Waals surface area contributed by atoms with Crippen molar-refractivity contribution in [3.63, 3.8) is 0 Å². The molecule has 142 valence electrons. The Bertz CT molecular complexity index is 820. The number of nitrogens with zero attached hydrogens (tertiary/aromatic N) is 1. The molecular formula is C20H22N2O5. The standard InChI is InChI=1S/C20H22N2O5/c1-3-25-17-7-5-16(6-8-17)22(14(2)23)11-10-21-20(24)15-4-9-18-19(12-15)27-13-26-18/h4-9,12H,3,10-11,13H2,1-2H3,(H,21,24). The highest BCUT2D eigenvalue weighted by Gasteiger charge is 2.17. The van der Waals surface area contributed by atoms with Gasteiger partial charge in [-0.3, -0.25) is 9.59 Å². The van der Waals surface area contributed by atoms with Gasteiger partial charge in [0.15, 0.2) is 11.5 Å². The quantitative estimate of drug-likeness (QED) is 0.811. The molecule has 7 heteroatoms. The molecule has 7 nitrogen and oxygen atoms in total. The molecule has 0 bridgehead atoms. The molecule has 0 atom stereocenters. The molecule has 1 N–H and O–H groups in total. The third-order valence-electron chi connectivity index (χ3n) is 4.10. The fraction of sp³-hybridized carbons (Fsp3) is 0.300. The van der Waals surface area contributed by atoms with E-state index in [9.17, 15) is 9.59 Å². The molecule has 0 unspecified atom stereocenters. The van der Waals surface area contributed by atoms with E-state index in [4.69, 9.17) is 14.2 Å². The average Bonchev–Trinajstić information content (AvgIpc) is 3.13. The van der Waals surface area contributed by atoms with E-state index in [1.807, 2.05) is 31.2 Å². The lowest BCUT2D eigenvalue weighted by molar-refractivity contribution is -0.116. The molecule has 2 aromatic carbocycles. The van der Waals surface area contributed by atoms with E-state index >= 15 is 0 Å². The molecule has 0 saturated carbocycles. The Hall–Kier alpha value is -3.22. The lowest BCUT2D eigenvalue weighted by Crippen LogP contribution is -2.37. The number of fused-ring (bicyclic) bond motifs is 1. The first-order valence-corrected chi connectivity index (χ1v) is 8.77. The second kappa shape index (κ2) is 8.44. The summed E-state index contributed by atoms with van der Waals surface area (Å²) in [6.07, 6.45) is 0. The van der Waals surface area contributed by atoms with Gasteiger partial charge in [0.1, 0.15) is 5.75 Å². The SMILES string of the molecule is CCOc1ccc(N(CCNC(=O)c2ccc3c(c2)OCO3)C(C)=O)cc1. The number of carbonyl (C=O) groups is 2. The van der Waals surface area contributed by atoms with Crippen LogP contribution >= 0.6 is 0 Å². The van der Waals surface area contributed by atoms with Crippen LogP contribution < -0.4 is 24.4 Å². The van der Waals surface area contributed by atoms with Gasteiger partial charge in [0.25, 0.3) is 5.91 Å². The molecule has 2 aromatic rings. The number of benzene rings is 2. The molecule has 0 spiro atoms. The molecule has 0 fully saturated rings. The van der Waals surface area contributed by atoms with Crippen molar-refractivity contribution in [3.8, 4) is 17.2 Å². The number of hydrogen-bond acceptors (Lipinski definition) is 5. The molecule has 0 saturated heterocycles. The van der Waals surface area contributed by atoms with Crippen molar-refractivity contribution in [2.75, 3.05) is 31.4 Å². The van der Waals surface area contributed by atoms with E-state index in [0.717, 1.165) is 11.4 Å². The van der Waals surface area contributed by atoms with Crippen molar-refractivity contribution in [1.82, 2.24) is 5.32 Å². The number of rotatable bonds is 7. The number of anilines is 1. The molecule has 0 radical (unpaired) electrons. The van der Waals surface area contributed by atoms with E-state index in [1.165, 1.54) is 6.92 Å².